The van der Waals surface area contributed by atoms with E-state index in [2.05, 4.69) is 0 Å². The first-order valence-corrected chi connectivity index (χ1v) is 10.8. The monoisotopic (exact) mass is 492 g/mol. The van der Waals surface area contributed by atoms with Gasteiger partial charge in [-0.3, -0.25) is 4.55 Å². The molecule has 3 aromatic carbocycles. The molecule has 0 radical (unpaired) electrons. The van der Waals surface area contributed by atoms with Crippen molar-refractivity contribution in [2.24, 2.45) is 0 Å². The third-order valence-electron chi connectivity index (χ3n) is 4.40. The van der Waals surface area contributed by atoms with E-state index in [0.717, 1.165) is 12.1 Å². The maximum Gasteiger partial charge on any atom is 0.283 e. The Morgan fingerprint density at radius 3 is 1.90 bits per heavy atom. The predicted octanol–water partition coefficient (Wildman–Crippen LogP) is 5.89. The highest BCUT2D eigenvalue weighted by Gasteiger charge is 2.53. The van der Waals surface area contributed by atoms with Crippen molar-refractivity contribution >= 4 is 56.5 Å². The number of rotatable bonds is 4. The van der Waals surface area contributed by atoms with Gasteiger partial charge >= 0.3 is 0 Å². The highest BCUT2D eigenvalue weighted by Crippen LogP contribution is 2.53. The van der Waals surface area contributed by atoms with Gasteiger partial charge < -0.3 is 10.2 Å². The highest BCUT2D eigenvalue weighted by molar-refractivity contribution is 7.87. The fourth-order valence-corrected chi connectivity index (χ4v) is 5.51. The minimum atomic E-state index is -5.14. The second-order valence-electron chi connectivity index (χ2n) is 6.08. The molecule has 1 atom stereocenters. The van der Waals surface area contributed by atoms with Crippen molar-refractivity contribution in [3.63, 3.8) is 0 Å². The standard InChI is InChI=1S/C19H12Cl4O5S/c20-11-3-1-10(2-4-11)19(29(26,27)28,13-9-12(21)5-6-14(13)22)17-15(24)7-8-16(25)18(17)23/h1-9,24-25H,(H,26,27,28). The van der Waals surface area contributed by atoms with Crippen molar-refractivity contribution in [2.75, 3.05) is 0 Å². The van der Waals surface area contributed by atoms with Crippen LogP contribution < -0.4 is 0 Å². The normalized spacial score (nSPS) is 13.8. The summed E-state index contributed by atoms with van der Waals surface area (Å²) in [7, 11) is -5.14. The Morgan fingerprint density at radius 1 is 0.759 bits per heavy atom. The summed E-state index contributed by atoms with van der Waals surface area (Å²) in [6, 6.07) is 11.6. The van der Waals surface area contributed by atoms with E-state index < -0.39 is 37.0 Å². The van der Waals surface area contributed by atoms with E-state index in [4.69, 9.17) is 46.4 Å². The molecule has 0 saturated carbocycles. The summed E-state index contributed by atoms with van der Waals surface area (Å²) in [6.07, 6.45) is 0. The van der Waals surface area contributed by atoms with E-state index in [1.54, 1.807) is 0 Å². The van der Waals surface area contributed by atoms with Crippen LogP contribution in [0.4, 0.5) is 0 Å². The molecule has 0 aliphatic carbocycles. The topological polar surface area (TPSA) is 94.8 Å². The van der Waals surface area contributed by atoms with Crippen molar-refractivity contribution in [3.8, 4) is 11.5 Å². The van der Waals surface area contributed by atoms with Crippen LogP contribution >= 0.6 is 46.4 Å². The summed E-state index contributed by atoms with van der Waals surface area (Å²) in [5.74, 6) is -1.11. The van der Waals surface area contributed by atoms with Gasteiger partial charge in [0.05, 0.1) is 5.02 Å². The Morgan fingerprint density at radius 2 is 1.31 bits per heavy atom. The number of aromatic hydroxyl groups is 2. The second kappa shape index (κ2) is 7.87. The summed E-state index contributed by atoms with van der Waals surface area (Å²) < 4.78 is 33.9. The molecule has 152 valence electrons. The van der Waals surface area contributed by atoms with Crippen LogP contribution in [0.1, 0.15) is 16.7 Å². The lowest BCUT2D eigenvalue weighted by Gasteiger charge is -2.34. The Labute approximate surface area is 186 Å². The molecular formula is C19H12Cl4O5S. The molecule has 0 spiro atoms. The molecule has 0 aliphatic rings. The molecule has 0 aromatic heterocycles. The molecule has 1 unspecified atom stereocenters. The van der Waals surface area contributed by atoms with Crippen LogP contribution in [0.25, 0.3) is 0 Å². The van der Waals surface area contributed by atoms with Crippen molar-refractivity contribution in [2.45, 2.75) is 4.75 Å². The minimum absolute atomic E-state index is 0.0450. The van der Waals surface area contributed by atoms with E-state index in [1.165, 1.54) is 42.5 Å². The van der Waals surface area contributed by atoms with E-state index >= 15 is 0 Å². The molecule has 0 amide bonds. The number of hydrogen-bond donors (Lipinski definition) is 3. The van der Waals surface area contributed by atoms with E-state index in [9.17, 15) is 23.2 Å². The molecular weight excluding hydrogens is 482 g/mol. The number of hydrogen-bond acceptors (Lipinski definition) is 4. The third-order valence-corrected chi connectivity index (χ3v) is 7.03. The van der Waals surface area contributed by atoms with Gasteiger partial charge in [-0.15, -0.1) is 0 Å². The molecule has 10 heteroatoms. The van der Waals surface area contributed by atoms with Gasteiger partial charge in [0.1, 0.15) is 11.5 Å². The molecule has 3 aromatic rings. The summed E-state index contributed by atoms with van der Waals surface area (Å²) in [5.41, 5.74) is -0.719. The van der Waals surface area contributed by atoms with E-state index in [1.807, 2.05) is 0 Å². The van der Waals surface area contributed by atoms with Crippen LogP contribution in [-0.2, 0) is 14.9 Å². The zero-order valence-corrected chi connectivity index (χ0v) is 18.1. The van der Waals surface area contributed by atoms with Crippen LogP contribution in [0.3, 0.4) is 0 Å². The maximum atomic E-state index is 13.0. The fourth-order valence-electron chi connectivity index (χ4n) is 3.19. The summed E-state index contributed by atoms with van der Waals surface area (Å²) in [4.78, 5) is 0. The van der Waals surface area contributed by atoms with Crippen LogP contribution in [-0.4, -0.2) is 23.2 Å². The molecule has 0 fully saturated rings. The van der Waals surface area contributed by atoms with Crippen LogP contribution in [0.2, 0.25) is 20.1 Å². The van der Waals surface area contributed by atoms with Gasteiger partial charge in [-0.2, -0.15) is 8.42 Å². The lowest BCUT2D eigenvalue weighted by atomic mass is 9.83. The predicted molar refractivity (Wildman–Crippen MR) is 114 cm³/mol. The largest absolute Gasteiger partial charge is 0.508 e. The van der Waals surface area contributed by atoms with E-state index in [-0.39, 0.29) is 21.2 Å². The van der Waals surface area contributed by atoms with Gasteiger partial charge in [-0.25, -0.2) is 0 Å². The minimum Gasteiger partial charge on any atom is -0.508 e. The maximum absolute atomic E-state index is 13.0. The molecule has 0 heterocycles. The van der Waals surface area contributed by atoms with Gasteiger partial charge in [0, 0.05) is 26.2 Å². The van der Waals surface area contributed by atoms with E-state index in [0.29, 0.717) is 5.02 Å². The summed E-state index contributed by atoms with van der Waals surface area (Å²) >= 11 is 24.6. The molecule has 0 aliphatic heterocycles. The average molecular weight is 494 g/mol. The number of benzene rings is 3. The zero-order chi connectivity index (χ0) is 21.6. The Bertz CT molecular complexity index is 1200. The Kier molecular flexibility index (Phi) is 5.98. The van der Waals surface area contributed by atoms with Crippen LogP contribution in [0.5, 0.6) is 11.5 Å². The summed E-state index contributed by atoms with van der Waals surface area (Å²) in [6.45, 7) is 0. The Hall–Kier alpha value is -1.67. The first-order valence-electron chi connectivity index (χ1n) is 7.89. The SMILES string of the molecule is O=S(=O)(O)C(c1ccc(Cl)cc1)(c1cc(Cl)ccc1Cl)c1c(O)ccc(O)c1Cl. The van der Waals surface area contributed by atoms with Crippen molar-refractivity contribution in [3.05, 3.63) is 91.4 Å². The van der Waals surface area contributed by atoms with Gasteiger partial charge in [0.25, 0.3) is 10.1 Å². The first-order chi connectivity index (χ1) is 13.5. The smallest absolute Gasteiger partial charge is 0.283 e. The molecule has 3 N–H and O–H groups in total. The second-order valence-corrected chi connectivity index (χ2v) is 9.30. The highest BCUT2D eigenvalue weighted by atomic mass is 35.5. The van der Waals surface area contributed by atoms with Crippen LogP contribution in [0, 0.1) is 0 Å². The molecule has 3 rings (SSSR count). The van der Waals surface area contributed by atoms with Crippen molar-refractivity contribution in [1.29, 1.82) is 0 Å². The quantitative estimate of drug-likeness (QED) is 0.239. The van der Waals surface area contributed by atoms with Gasteiger partial charge in [0.15, 0.2) is 4.75 Å². The average Bonchev–Trinajstić information content (AvgIpc) is 2.64. The third kappa shape index (κ3) is 3.65. The summed E-state index contributed by atoms with van der Waals surface area (Å²) in [5, 5.41) is 20.5. The molecule has 5 nitrogen and oxygen atoms in total. The van der Waals surface area contributed by atoms with Gasteiger partial charge in [0.2, 0.25) is 0 Å². The number of phenolic OH excluding ortho intramolecular Hbond substituents is 2. The number of halogens is 4. The molecule has 0 saturated heterocycles. The zero-order valence-electron chi connectivity index (χ0n) is 14.3. The molecule has 29 heavy (non-hydrogen) atoms. The van der Waals surface area contributed by atoms with Gasteiger partial charge in [-0.1, -0.05) is 58.5 Å². The van der Waals surface area contributed by atoms with Crippen molar-refractivity contribution in [1.82, 2.24) is 0 Å². The Balaban J connectivity index is 2.65. The fraction of sp³-hybridized carbons (Fsp3) is 0.0526. The van der Waals surface area contributed by atoms with Crippen molar-refractivity contribution < 1.29 is 23.2 Å². The van der Waals surface area contributed by atoms with Crippen LogP contribution in [0.15, 0.2) is 54.6 Å². The molecule has 0 bridgehead atoms. The first kappa shape index (κ1) is 22.0. The lowest BCUT2D eigenvalue weighted by Crippen LogP contribution is -2.39. The van der Waals surface area contributed by atoms with Gasteiger partial charge in [-0.05, 0) is 48.0 Å². The lowest BCUT2D eigenvalue weighted by molar-refractivity contribution is 0.434. The number of phenols is 2.